The number of fused-ring (bicyclic) bond motifs is 1. The van der Waals surface area contributed by atoms with E-state index in [-0.39, 0.29) is 0 Å². The number of anilines is 1. The van der Waals surface area contributed by atoms with Gasteiger partial charge in [-0.2, -0.15) is 0 Å². The second-order valence-corrected chi connectivity index (χ2v) is 9.88. The van der Waals surface area contributed by atoms with Gasteiger partial charge in [-0.3, -0.25) is 9.05 Å². The number of ether oxygens (including phenoxy) is 2. The van der Waals surface area contributed by atoms with Gasteiger partial charge in [0, 0.05) is 76.2 Å². The maximum Gasteiger partial charge on any atom is 0.407 e. The van der Waals surface area contributed by atoms with Crippen molar-refractivity contribution in [2.24, 2.45) is 0 Å². The van der Waals surface area contributed by atoms with Crippen LogP contribution in [0.25, 0.3) is 16.9 Å². The Hall–Kier alpha value is -2.29. The first-order valence-electron chi connectivity index (χ1n) is 10.0. The Morgan fingerprint density at radius 3 is 2.28 bits per heavy atom. The van der Waals surface area contributed by atoms with E-state index in [0.717, 1.165) is 22.6 Å². The summed E-state index contributed by atoms with van der Waals surface area (Å²) in [4.78, 5) is 7.01. The third-order valence-electron chi connectivity index (χ3n) is 5.62. The second-order valence-electron chi connectivity index (χ2n) is 7.24. The van der Waals surface area contributed by atoms with Crippen LogP contribution >= 0.6 is 19.3 Å². The van der Waals surface area contributed by atoms with Crippen molar-refractivity contribution in [2.45, 2.75) is 0 Å². The van der Waals surface area contributed by atoms with Gasteiger partial charge in [-0.25, -0.2) is 14.2 Å². The lowest BCUT2D eigenvalue weighted by molar-refractivity contribution is 0.203. The molecule has 1 saturated heterocycles. The molecule has 0 unspecified atom stereocenters. The molecule has 4 rings (SSSR count). The molecule has 1 aliphatic heterocycles. The zero-order valence-electron chi connectivity index (χ0n) is 18.4. The minimum Gasteiger partial charge on any atom is -0.496 e. The summed E-state index contributed by atoms with van der Waals surface area (Å²) in [5.41, 5.74) is 3.37. The molecule has 0 bridgehead atoms. The molecule has 0 N–H and O–H groups in total. The van der Waals surface area contributed by atoms with Gasteiger partial charge in [0.05, 0.1) is 24.9 Å². The third-order valence-corrected chi connectivity index (χ3v) is 7.93. The van der Waals surface area contributed by atoms with Crippen molar-refractivity contribution in [3.8, 4) is 22.8 Å². The first-order chi connectivity index (χ1) is 15.4. The Morgan fingerprint density at radius 1 is 0.969 bits per heavy atom. The average molecular weight is 481 g/mol. The smallest absolute Gasteiger partial charge is 0.407 e. The number of nitrogens with zero attached hydrogens (tertiary/aromatic N) is 4. The second kappa shape index (κ2) is 9.29. The Labute approximate surface area is 192 Å². The summed E-state index contributed by atoms with van der Waals surface area (Å²) >= 11 is 6.34. The van der Waals surface area contributed by atoms with E-state index in [9.17, 15) is 4.57 Å². The van der Waals surface area contributed by atoms with Gasteiger partial charge in [-0.15, -0.1) is 0 Å². The van der Waals surface area contributed by atoms with E-state index in [1.54, 1.807) is 31.0 Å². The topological polar surface area (TPSA) is 77.8 Å². The quantitative estimate of drug-likeness (QED) is 0.466. The standard InChI is InChI=1S/C21H26ClN4O5P/c1-28-19-13-20(29-2)17(22)12-16(19)18-14-25-6-5-15(11-21(25)23-18)24-7-9-26(10-8-24)32(27,30-3)31-4/h5-6,11-14H,7-10H2,1-4H3. The number of imidazole rings is 1. The average Bonchev–Trinajstić information content (AvgIpc) is 3.26. The highest BCUT2D eigenvalue weighted by Gasteiger charge is 2.34. The number of aromatic nitrogens is 2. The molecule has 0 aliphatic carbocycles. The molecule has 0 atom stereocenters. The molecule has 3 heterocycles. The first kappa shape index (κ1) is 22.9. The molecule has 1 fully saturated rings. The number of hydrogen-bond acceptors (Lipinski definition) is 7. The summed E-state index contributed by atoms with van der Waals surface area (Å²) in [6, 6.07) is 7.62. The van der Waals surface area contributed by atoms with Crippen molar-refractivity contribution in [1.29, 1.82) is 0 Å². The number of methoxy groups -OCH3 is 2. The number of rotatable bonds is 7. The molecule has 0 spiro atoms. The van der Waals surface area contributed by atoms with Crippen LogP contribution in [-0.2, 0) is 13.6 Å². The molecular formula is C21H26ClN4O5P. The summed E-state index contributed by atoms with van der Waals surface area (Å²) in [6.45, 7) is 2.54. The minimum atomic E-state index is -3.20. The molecule has 3 aromatic rings. The summed E-state index contributed by atoms with van der Waals surface area (Å²) in [7, 11) is 2.78. The minimum absolute atomic E-state index is 0.489. The Balaban J connectivity index is 1.59. The fourth-order valence-electron chi connectivity index (χ4n) is 3.86. The first-order valence-corrected chi connectivity index (χ1v) is 11.9. The fourth-order valence-corrected chi connectivity index (χ4v) is 5.38. The summed E-state index contributed by atoms with van der Waals surface area (Å²) in [5, 5.41) is 0.489. The molecule has 32 heavy (non-hydrogen) atoms. The van der Waals surface area contributed by atoms with E-state index in [2.05, 4.69) is 4.90 Å². The van der Waals surface area contributed by atoms with Gasteiger partial charge in [0.1, 0.15) is 17.1 Å². The monoisotopic (exact) mass is 480 g/mol. The predicted molar refractivity (Wildman–Crippen MR) is 124 cm³/mol. The van der Waals surface area contributed by atoms with E-state index >= 15 is 0 Å². The van der Waals surface area contributed by atoms with Crippen LogP contribution in [-0.4, -0.2) is 68.7 Å². The number of halogens is 1. The van der Waals surface area contributed by atoms with Crippen molar-refractivity contribution in [2.75, 3.05) is 59.5 Å². The predicted octanol–water partition coefficient (Wildman–Crippen LogP) is 4.19. The Kier molecular flexibility index (Phi) is 6.65. The van der Waals surface area contributed by atoms with Crippen molar-refractivity contribution in [3.05, 3.63) is 41.7 Å². The van der Waals surface area contributed by atoms with Crippen LogP contribution in [0, 0.1) is 0 Å². The zero-order chi connectivity index (χ0) is 22.9. The SMILES string of the molecule is COc1cc(OC)c(-c2cn3ccc(N4CCN(P(=O)(OC)OC)CC4)cc3n2)cc1Cl. The van der Waals surface area contributed by atoms with Gasteiger partial charge in [0.15, 0.2) is 0 Å². The largest absolute Gasteiger partial charge is 0.496 e. The van der Waals surface area contributed by atoms with Crippen LogP contribution in [0.4, 0.5) is 5.69 Å². The van der Waals surface area contributed by atoms with Crippen molar-refractivity contribution in [3.63, 3.8) is 0 Å². The number of pyridine rings is 1. The molecular weight excluding hydrogens is 455 g/mol. The van der Waals surface area contributed by atoms with Crippen LogP contribution in [0.3, 0.4) is 0 Å². The Bertz CT molecular complexity index is 1150. The van der Waals surface area contributed by atoms with E-state index in [4.69, 9.17) is 35.1 Å². The van der Waals surface area contributed by atoms with E-state index in [1.807, 2.05) is 28.9 Å². The highest BCUT2D eigenvalue weighted by Crippen LogP contribution is 2.50. The van der Waals surface area contributed by atoms with E-state index < -0.39 is 7.75 Å². The number of hydrogen-bond donors (Lipinski definition) is 0. The van der Waals surface area contributed by atoms with Crippen molar-refractivity contribution in [1.82, 2.24) is 14.1 Å². The van der Waals surface area contributed by atoms with Crippen molar-refractivity contribution < 1.29 is 23.1 Å². The third kappa shape index (κ3) is 4.19. The lowest BCUT2D eigenvalue weighted by Crippen LogP contribution is -2.45. The molecule has 11 heteroatoms. The van der Waals surface area contributed by atoms with Crippen LogP contribution in [0.5, 0.6) is 11.5 Å². The summed E-state index contributed by atoms with van der Waals surface area (Å²) in [5.74, 6) is 1.18. The van der Waals surface area contributed by atoms with Crippen LogP contribution < -0.4 is 14.4 Å². The van der Waals surface area contributed by atoms with Gasteiger partial charge in [-0.05, 0) is 12.1 Å². The lowest BCUT2D eigenvalue weighted by atomic mass is 10.1. The Morgan fingerprint density at radius 2 is 1.66 bits per heavy atom. The summed E-state index contributed by atoms with van der Waals surface area (Å²) in [6.07, 6.45) is 3.91. The van der Waals surface area contributed by atoms with Crippen molar-refractivity contribution >= 4 is 30.7 Å². The molecule has 172 valence electrons. The summed E-state index contributed by atoms with van der Waals surface area (Å²) < 4.78 is 37.3. The molecule has 0 amide bonds. The lowest BCUT2D eigenvalue weighted by Gasteiger charge is -2.37. The highest BCUT2D eigenvalue weighted by molar-refractivity contribution is 7.51. The highest BCUT2D eigenvalue weighted by atomic mass is 35.5. The maximum atomic E-state index is 12.6. The normalized spacial score (nSPS) is 15.3. The van der Waals surface area contributed by atoms with Gasteiger partial charge in [-0.1, -0.05) is 11.6 Å². The number of benzene rings is 1. The fraction of sp³-hybridized carbons (Fsp3) is 0.381. The zero-order valence-corrected chi connectivity index (χ0v) is 20.1. The maximum absolute atomic E-state index is 12.6. The van der Waals surface area contributed by atoms with Gasteiger partial charge in [0.2, 0.25) is 0 Å². The van der Waals surface area contributed by atoms with Gasteiger partial charge in [0.25, 0.3) is 0 Å². The van der Waals surface area contributed by atoms with Gasteiger partial charge < -0.3 is 18.8 Å². The van der Waals surface area contributed by atoms with Crippen LogP contribution in [0.1, 0.15) is 0 Å². The molecule has 1 aliphatic rings. The molecule has 0 radical (unpaired) electrons. The van der Waals surface area contributed by atoms with Crippen LogP contribution in [0.15, 0.2) is 36.7 Å². The van der Waals surface area contributed by atoms with E-state index in [1.165, 1.54) is 14.2 Å². The number of piperazine rings is 1. The molecule has 1 aromatic carbocycles. The molecule has 2 aromatic heterocycles. The van der Waals surface area contributed by atoms with Gasteiger partial charge >= 0.3 is 7.75 Å². The van der Waals surface area contributed by atoms with Crippen LogP contribution in [0.2, 0.25) is 5.02 Å². The van der Waals surface area contributed by atoms with E-state index in [0.29, 0.717) is 42.7 Å². The molecule has 0 saturated carbocycles. The molecule has 9 nitrogen and oxygen atoms in total.